The molecule has 2 fully saturated rings. The van der Waals surface area contributed by atoms with E-state index in [-0.39, 0.29) is 24.0 Å². The average molecular weight is 496 g/mol. The number of rotatable bonds is 10. The molecule has 1 amide bonds. The zero-order valence-corrected chi connectivity index (χ0v) is 21.0. The monoisotopic (exact) mass is 495 g/mol. The van der Waals surface area contributed by atoms with Crippen LogP contribution in [-0.2, 0) is 14.3 Å². The Labute approximate surface area is 211 Å². The van der Waals surface area contributed by atoms with Crippen molar-refractivity contribution in [3.05, 3.63) is 59.2 Å². The molecule has 0 bridgehead atoms. The maximum Gasteiger partial charge on any atom is 0.295 e. The molecule has 2 atom stereocenters. The van der Waals surface area contributed by atoms with Gasteiger partial charge in [-0.2, -0.15) is 0 Å². The summed E-state index contributed by atoms with van der Waals surface area (Å²) in [6, 6.07) is 11.5. The van der Waals surface area contributed by atoms with Crippen molar-refractivity contribution >= 4 is 17.4 Å². The summed E-state index contributed by atoms with van der Waals surface area (Å²) in [6.07, 6.45) is 1.55. The van der Waals surface area contributed by atoms with Crippen LogP contribution in [0.5, 0.6) is 17.2 Å². The van der Waals surface area contributed by atoms with Crippen molar-refractivity contribution in [2.75, 3.05) is 33.0 Å². The Hall–Kier alpha value is -3.52. The third kappa shape index (κ3) is 5.18. The molecule has 8 heteroatoms. The first-order chi connectivity index (χ1) is 17.5. The number of carbonyl (C=O) groups is 2. The Morgan fingerprint density at radius 1 is 1.00 bits per heavy atom. The lowest BCUT2D eigenvalue weighted by atomic mass is 9.94. The summed E-state index contributed by atoms with van der Waals surface area (Å²) in [5.41, 5.74) is 1.00. The first-order valence-electron chi connectivity index (χ1n) is 12.5. The zero-order valence-electron chi connectivity index (χ0n) is 21.0. The number of aliphatic hydroxyl groups excluding tert-OH is 1. The summed E-state index contributed by atoms with van der Waals surface area (Å²) in [6.45, 7) is 7.78. The third-order valence-corrected chi connectivity index (χ3v) is 6.27. The lowest BCUT2D eigenvalue weighted by Gasteiger charge is -2.28. The molecule has 0 radical (unpaired) electrons. The first kappa shape index (κ1) is 25.6. The highest BCUT2D eigenvalue weighted by atomic mass is 16.5. The summed E-state index contributed by atoms with van der Waals surface area (Å²) < 4.78 is 22.8. The van der Waals surface area contributed by atoms with E-state index in [0.717, 1.165) is 12.8 Å². The van der Waals surface area contributed by atoms with Crippen LogP contribution < -0.4 is 14.2 Å². The van der Waals surface area contributed by atoms with Crippen LogP contribution in [0.25, 0.3) is 5.76 Å². The van der Waals surface area contributed by atoms with Crippen LogP contribution in [0.3, 0.4) is 0 Å². The molecule has 0 aromatic heterocycles. The van der Waals surface area contributed by atoms with Crippen LogP contribution >= 0.6 is 0 Å². The lowest BCUT2D eigenvalue weighted by molar-refractivity contribution is -0.140. The quantitative estimate of drug-likeness (QED) is 0.295. The van der Waals surface area contributed by atoms with Gasteiger partial charge in [-0.25, -0.2) is 0 Å². The normalized spacial score (nSPS) is 21.1. The molecule has 0 spiro atoms. The second-order valence-electron chi connectivity index (χ2n) is 8.62. The van der Waals surface area contributed by atoms with Crippen molar-refractivity contribution < 1.29 is 33.6 Å². The van der Waals surface area contributed by atoms with E-state index in [0.29, 0.717) is 54.8 Å². The van der Waals surface area contributed by atoms with Gasteiger partial charge >= 0.3 is 0 Å². The first-order valence-corrected chi connectivity index (χ1v) is 12.5. The molecule has 2 saturated heterocycles. The number of likely N-dealkylation sites (tertiary alicyclic amines) is 1. The standard InChI is InChI=1S/C28H33NO7/c1-4-33-19-10-7-9-18(15-19)25-24(27(31)28(32)29(25)17-21-11-8-14-36-21)26(30)22-13-12-20(34-5-2)16-23(22)35-6-3/h7,9-10,12-13,15-16,21,25,30H,4-6,8,11,14,17H2,1-3H3/b26-24-. The largest absolute Gasteiger partial charge is 0.507 e. The molecule has 36 heavy (non-hydrogen) atoms. The van der Waals surface area contributed by atoms with Gasteiger partial charge in [0.15, 0.2) is 0 Å². The molecule has 2 unspecified atom stereocenters. The Morgan fingerprint density at radius 2 is 1.72 bits per heavy atom. The Morgan fingerprint density at radius 3 is 2.39 bits per heavy atom. The SMILES string of the molecule is CCOc1cccc(C2/C(=C(/O)c3ccc(OCC)cc3OCC)C(=O)C(=O)N2CC2CCCO2)c1. The van der Waals surface area contributed by atoms with Crippen LogP contribution in [0.4, 0.5) is 0 Å². The van der Waals surface area contributed by atoms with E-state index in [2.05, 4.69) is 0 Å². The molecule has 1 N–H and O–H groups in total. The van der Waals surface area contributed by atoms with Crippen molar-refractivity contribution in [2.45, 2.75) is 45.8 Å². The molecule has 0 saturated carbocycles. The lowest BCUT2D eigenvalue weighted by Crippen LogP contribution is -2.36. The highest BCUT2D eigenvalue weighted by molar-refractivity contribution is 6.46. The number of hydrogen-bond donors (Lipinski definition) is 1. The summed E-state index contributed by atoms with van der Waals surface area (Å²) >= 11 is 0. The Balaban J connectivity index is 1.85. The van der Waals surface area contributed by atoms with E-state index >= 15 is 0 Å². The van der Waals surface area contributed by atoms with E-state index < -0.39 is 17.7 Å². The maximum atomic E-state index is 13.4. The molecule has 0 aliphatic carbocycles. The molecule has 2 aromatic carbocycles. The number of ketones is 1. The number of Topliss-reactive ketones (excluding diaryl/α,β-unsaturated/α-hetero) is 1. The number of ether oxygens (including phenoxy) is 4. The number of nitrogens with zero attached hydrogens (tertiary/aromatic N) is 1. The number of benzene rings is 2. The van der Waals surface area contributed by atoms with Gasteiger partial charge in [0.1, 0.15) is 23.0 Å². The molecule has 2 heterocycles. The van der Waals surface area contributed by atoms with Crippen molar-refractivity contribution in [1.29, 1.82) is 0 Å². The predicted molar refractivity (Wildman–Crippen MR) is 134 cm³/mol. The fraction of sp³-hybridized carbons (Fsp3) is 0.429. The average Bonchev–Trinajstić information content (AvgIpc) is 3.47. The molecule has 192 valence electrons. The second-order valence-corrected chi connectivity index (χ2v) is 8.62. The summed E-state index contributed by atoms with van der Waals surface area (Å²) in [7, 11) is 0. The molecular formula is C28H33NO7. The Bertz CT molecular complexity index is 1140. The van der Waals surface area contributed by atoms with Gasteiger partial charge in [0.05, 0.1) is 43.1 Å². The van der Waals surface area contributed by atoms with Gasteiger partial charge in [-0.05, 0) is 63.4 Å². The van der Waals surface area contributed by atoms with Gasteiger partial charge in [0, 0.05) is 19.2 Å². The summed E-state index contributed by atoms with van der Waals surface area (Å²) in [5, 5.41) is 11.5. The molecule has 4 rings (SSSR count). The van der Waals surface area contributed by atoms with E-state index in [1.54, 1.807) is 24.3 Å². The van der Waals surface area contributed by atoms with E-state index in [4.69, 9.17) is 18.9 Å². The van der Waals surface area contributed by atoms with Gasteiger partial charge in [-0.3, -0.25) is 9.59 Å². The topological polar surface area (TPSA) is 94.5 Å². The molecule has 2 aromatic rings. The molecular weight excluding hydrogens is 462 g/mol. The van der Waals surface area contributed by atoms with Crippen molar-refractivity contribution in [3.8, 4) is 17.2 Å². The second kappa shape index (κ2) is 11.5. The fourth-order valence-electron chi connectivity index (χ4n) is 4.74. The third-order valence-electron chi connectivity index (χ3n) is 6.27. The van der Waals surface area contributed by atoms with Crippen molar-refractivity contribution in [1.82, 2.24) is 4.90 Å². The summed E-state index contributed by atoms with van der Waals surface area (Å²) in [4.78, 5) is 28.2. The van der Waals surface area contributed by atoms with Crippen LogP contribution in [0.2, 0.25) is 0 Å². The minimum atomic E-state index is -0.796. The van der Waals surface area contributed by atoms with Gasteiger partial charge in [-0.15, -0.1) is 0 Å². The number of amides is 1. The smallest absolute Gasteiger partial charge is 0.295 e. The highest BCUT2D eigenvalue weighted by Gasteiger charge is 2.47. The van der Waals surface area contributed by atoms with Gasteiger partial charge in [-0.1, -0.05) is 12.1 Å². The van der Waals surface area contributed by atoms with Gasteiger partial charge in [0.25, 0.3) is 11.7 Å². The van der Waals surface area contributed by atoms with Crippen LogP contribution in [0.15, 0.2) is 48.0 Å². The Kier molecular flexibility index (Phi) is 8.15. The maximum absolute atomic E-state index is 13.4. The molecule has 2 aliphatic heterocycles. The minimum absolute atomic E-state index is 0.0109. The van der Waals surface area contributed by atoms with Gasteiger partial charge < -0.3 is 29.0 Å². The van der Waals surface area contributed by atoms with E-state index in [9.17, 15) is 14.7 Å². The minimum Gasteiger partial charge on any atom is -0.507 e. The predicted octanol–water partition coefficient (Wildman–Crippen LogP) is 4.48. The van der Waals surface area contributed by atoms with E-state index in [1.807, 2.05) is 39.0 Å². The van der Waals surface area contributed by atoms with Crippen LogP contribution in [-0.4, -0.2) is 60.8 Å². The number of carbonyl (C=O) groups excluding carboxylic acids is 2. The number of hydrogen-bond acceptors (Lipinski definition) is 7. The van der Waals surface area contributed by atoms with E-state index in [1.165, 1.54) is 4.90 Å². The zero-order chi connectivity index (χ0) is 25.7. The van der Waals surface area contributed by atoms with Crippen LogP contribution in [0, 0.1) is 0 Å². The van der Waals surface area contributed by atoms with Gasteiger partial charge in [0.2, 0.25) is 0 Å². The molecule has 8 nitrogen and oxygen atoms in total. The highest BCUT2D eigenvalue weighted by Crippen LogP contribution is 2.42. The van der Waals surface area contributed by atoms with Crippen molar-refractivity contribution in [2.24, 2.45) is 0 Å². The summed E-state index contributed by atoms with van der Waals surface area (Å²) in [5.74, 6) is -0.128. The number of aliphatic hydroxyl groups is 1. The van der Waals surface area contributed by atoms with Crippen molar-refractivity contribution in [3.63, 3.8) is 0 Å². The molecule has 2 aliphatic rings. The fourth-order valence-corrected chi connectivity index (χ4v) is 4.74. The van der Waals surface area contributed by atoms with Crippen LogP contribution in [0.1, 0.15) is 50.8 Å².